The van der Waals surface area contributed by atoms with E-state index in [0.29, 0.717) is 6.04 Å². The molecule has 1 heterocycles. The Morgan fingerprint density at radius 3 is 3.00 bits per heavy atom. The van der Waals surface area contributed by atoms with E-state index in [1.807, 2.05) is 0 Å². The molecule has 2 nitrogen and oxygen atoms in total. The molecule has 0 amide bonds. The first-order chi connectivity index (χ1) is 6.38. The Balaban J connectivity index is 2.47. The van der Waals surface area contributed by atoms with Crippen LogP contribution >= 0.6 is 11.3 Å². The molecule has 0 bridgehead atoms. The van der Waals surface area contributed by atoms with E-state index < -0.39 is 0 Å². The predicted molar refractivity (Wildman–Crippen MR) is 57.1 cm³/mol. The molecule has 0 fully saturated rings. The largest absolute Gasteiger partial charge is 0.396 e. The van der Waals surface area contributed by atoms with E-state index in [4.69, 9.17) is 5.11 Å². The number of thiophene rings is 1. The monoisotopic (exact) mass is 199 g/mol. The summed E-state index contributed by atoms with van der Waals surface area (Å²) < 4.78 is 0. The molecule has 0 aliphatic heterocycles. The maximum absolute atomic E-state index is 8.90. The molecule has 2 N–H and O–H groups in total. The van der Waals surface area contributed by atoms with Gasteiger partial charge in [-0.3, -0.25) is 0 Å². The summed E-state index contributed by atoms with van der Waals surface area (Å²) in [7, 11) is 0. The van der Waals surface area contributed by atoms with E-state index in [1.165, 1.54) is 5.56 Å². The van der Waals surface area contributed by atoms with Crippen molar-refractivity contribution >= 4 is 11.3 Å². The first-order valence-electron chi connectivity index (χ1n) is 4.74. The van der Waals surface area contributed by atoms with Crippen LogP contribution in [0.4, 0.5) is 0 Å². The zero-order valence-corrected chi connectivity index (χ0v) is 8.81. The first kappa shape index (κ1) is 10.7. The van der Waals surface area contributed by atoms with Gasteiger partial charge >= 0.3 is 0 Å². The zero-order valence-electron chi connectivity index (χ0n) is 7.99. The molecule has 0 aromatic carbocycles. The van der Waals surface area contributed by atoms with E-state index in [2.05, 4.69) is 29.1 Å². The van der Waals surface area contributed by atoms with Crippen molar-refractivity contribution in [3.63, 3.8) is 0 Å². The molecule has 1 aromatic rings. The van der Waals surface area contributed by atoms with Crippen molar-refractivity contribution in [1.29, 1.82) is 0 Å². The third-order valence-electron chi connectivity index (χ3n) is 2.00. The quantitative estimate of drug-likeness (QED) is 0.736. The molecule has 0 aliphatic carbocycles. The van der Waals surface area contributed by atoms with Gasteiger partial charge in [-0.1, -0.05) is 6.92 Å². The van der Waals surface area contributed by atoms with Gasteiger partial charge in [-0.15, -0.1) is 0 Å². The maximum Gasteiger partial charge on any atom is 0.0449 e. The summed E-state index contributed by atoms with van der Waals surface area (Å²) in [6, 6.07) is 2.45. The summed E-state index contributed by atoms with van der Waals surface area (Å²) in [5.74, 6) is 0. The van der Waals surface area contributed by atoms with Crippen LogP contribution in [-0.2, 0) is 0 Å². The fourth-order valence-electron chi connectivity index (χ4n) is 1.31. The second-order valence-electron chi connectivity index (χ2n) is 3.08. The van der Waals surface area contributed by atoms with Crippen molar-refractivity contribution in [2.45, 2.75) is 25.8 Å². The molecule has 0 saturated carbocycles. The minimum absolute atomic E-state index is 0.247. The third kappa shape index (κ3) is 3.46. The van der Waals surface area contributed by atoms with E-state index in [1.54, 1.807) is 11.3 Å². The zero-order chi connectivity index (χ0) is 9.52. The molecule has 1 atom stereocenters. The lowest BCUT2D eigenvalue weighted by Gasteiger charge is -2.15. The Morgan fingerprint density at radius 2 is 2.46 bits per heavy atom. The molecular weight excluding hydrogens is 182 g/mol. The minimum atomic E-state index is 0.247. The van der Waals surface area contributed by atoms with E-state index in [9.17, 15) is 0 Å². The van der Waals surface area contributed by atoms with Crippen LogP contribution in [0.15, 0.2) is 16.8 Å². The van der Waals surface area contributed by atoms with Crippen LogP contribution in [0.25, 0.3) is 0 Å². The number of nitrogens with one attached hydrogen (secondary N) is 1. The smallest absolute Gasteiger partial charge is 0.0449 e. The number of rotatable bonds is 6. The van der Waals surface area contributed by atoms with Gasteiger partial charge in [0.2, 0.25) is 0 Å². The lowest BCUT2D eigenvalue weighted by molar-refractivity contribution is 0.266. The second kappa shape index (κ2) is 6.13. The summed E-state index contributed by atoms with van der Waals surface area (Å²) in [6.45, 7) is 3.41. The fraction of sp³-hybridized carbons (Fsp3) is 0.600. The van der Waals surface area contributed by atoms with Crippen molar-refractivity contribution < 1.29 is 5.11 Å². The van der Waals surface area contributed by atoms with Crippen molar-refractivity contribution in [1.82, 2.24) is 5.32 Å². The highest BCUT2D eigenvalue weighted by molar-refractivity contribution is 7.07. The number of hydrogen-bond acceptors (Lipinski definition) is 3. The highest BCUT2D eigenvalue weighted by atomic mass is 32.1. The van der Waals surface area contributed by atoms with Crippen molar-refractivity contribution in [2.75, 3.05) is 13.2 Å². The van der Waals surface area contributed by atoms with Crippen molar-refractivity contribution in [2.24, 2.45) is 0 Å². The molecule has 0 spiro atoms. The summed E-state index contributed by atoms with van der Waals surface area (Å²) in [5.41, 5.74) is 1.30. The molecule has 3 heteroatoms. The van der Waals surface area contributed by atoms with Gasteiger partial charge in [-0.05, 0) is 41.8 Å². The van der Waals surface area contributed by atoms with Crippen LogP contribution in [0.3, 0.4) is 0 Å². The van der Waals surface area contributed by atoms with Gasteiger partial charge in [0.25, 0.3) is 0 Å². The van der Waals surface area contributed by atoms with Crippen LogP contribution in [0.1, 0.15) is 31.4 Å². The molecule has 1 rings (SSSR count). The SMILES string of the molecule is CCCNC(CCO)c1ccsc1. The Hall–Kier alpha value is -0.380. The van der Waals surface area contributed by atoms with Crippen molar-refractivity contribution in [3.05, 3.63) is 22.4 Å². The first-order valence-corrected chi connectivity index (χ1v) is 5.69. The summed E-state index contributed by atoms with van der Waals surface area (Å²) >= 11 is 1.71. The van der Waals surface area contributed by atoms with Gasteiger partial charge in [0.1, 0.15) is 0 Å². The third-order valence-corrected chi connectivity index (χ3v) is 2.71. The standard InChI is InChI=1S/C10H17NOS/c1-2-5-11-10(3-6-12)9-4-7-13-8-9/h4,7-8,10-12H,2-3,5-6H2,1H3. The van der Waals surface area contributed by atoms with Gasteiger partial charge in [0.05, 0.1) is 0 Å². The predicted octanol–water partition coefficient (Wildman–Crippen LogP) is 2.17. The van der Waals surface area contributed by atoms with Gasteiger partial charge in [0, 0.05) is 12.6 Å². The molecule has 74 valence electrons. The number of aliphatic hydroxyl groups is 1. The Kier molecular flexibility index (Phi) is 5.05. The summed E-state index contributed by atoms with van der Waals surface area (Å²) in [4.78, 5) is 0. The highest BCUT2D eigenvalue weighted by Crippen LogP contribution is 2.18. The molecular formula is C10H17NOS. The molecule has 13 heavy (non-hydrogen) atoms. The van der Waals surface area contributed by atoms with Crippen LogP contribution in [-0.4, -0.2) is 18.3 Å². The average Bonchev–Trinajstić information content (AvgIpc) is 2.65. The van der Waals surface area contributed by atoms with Crippen molar-refractivity contribution in [3.8, 4) is 0 Å². The van der Waals surface area contributed by atoms with E-state index >= 15 is 0 Å². The molecule has 0 saturated heterocycles. The highest BCUT2D eigenvalue weighted by Gasteiger charge is 2.09. The molecule has 0 aliphatic rings. The van der Waals surface area contributed by atoms with Crippen LogP contribution in [0, 0.1) is 0 Å². The topological polar surface area (TPSA) is 32.3 Å². The van der Waals surface area contributed by atoms with Gasteiger partial charge in [-0.2, -0.15) is 11.3 Å². The maximum atomic E-state index is 8.90. The normalized spacial score (nSPS) is 13.1. The Bertz CT molecular complexity index is 211. The van der Waals surface area contributed by atoms with Gasteiger partial charge in [-0.25, -0.2) is 0 Å². The van der Waals surface area contributed by atoms with Crippen LogP contribution in [0.5, 0.6) is 0 Å². The van der Waals surface area contributed by atoms with E-state index in [0.717, 1.165) is 19.4 Å². The molecule has 1 aromatic heterocycles. The lowest BCUT2D eigenvalue weighted by Crippen LogP contribution is -2.22. The van der Waals surface area contributed by atoms with Crippen LogP contribution in [0.2, 0.25) is 0 Å². The minimum Gasteiger partial charge on any atom is -0.396 e. The fourth-order valence-corrected chi connectivity index (χ4v) is 2.02. The van der Waals surface area contributed by atoms with E-state index in [-0.39, 0.29) is 6.61 Å². The summed E-state index contributed by atoms with van der Waals surface area (Å²) in [6.07, 6.45) is 1.93. The Labute approximate surface area is 83.6 Å². The molecule has 0 radical (unpaired) electrons. The van der Waals surface area contributed by atoms with Gasteiger partial charge < -0.3 is 10.4 Å². The summed E-state index contributed by atoms with van der Waals surface area (Å²) in [5, 5.41) is 16.5. The van der Waals surface area contributed by atoms with Crippen LogP contribution < -0.4 is 5.32 Å². The molecule has 1 unspecified atom stereocenters. The number of hydrogen-bond donors (Lipinski definition) is 2. The Morgan fingerprint density at radius 1 is 1.62 bits per heavy atom. The number of aliphatic hydroxyl groups excluding tert-OH is 1. The van der Waals surface area contributed by atoms with Gasteiger partial charge in [0.15, 0.2) is 0 Å². The average molecular weight is 199 g/mol. The second-order valence-corrected chi connectivity index (χ2v) is 3.86. The lowest BCUT2D eigenvalue weighted by atomic mass is 10.1.